The smallest absolute Gasteiger partial charge is 0.256 e. The van der Waals surface area contributed by atoms with Crippen LogP contribution in [-0.4, -0.2) is 43.1 Å². The lowest BCUT2D eigenvalue weighted by Crippen LogP contribution is -2.38. The Hall–Kier alpha value is -2.76. The van der Waals surface area contributed by atoms with Gasteiger partial charge >= 0.3 is 0 Å². The van der Waals surface area contributed by atoms with Gasteiger partial charge in [-0.15, -0.1) is 0 Å². The molecule has 5 rings (SSSR count). The molecular weight excluding hydrogens is 364 g/mol. The number of rotatable bonds is 4. The summed E-state index contributed by atoms with van der Waals surface area (Å²) < 4.78 is 4.36. The number of nitrogens with zero attached hydrogens (tertiary/aromatic N) is 4. The highest BCUT2D eigenvalue weighted by Gasteiger charge is 2.30. The third kappa shape index (κ3) is 3.20. The van der Waals surface area contributed by atoms with E-state index in [-0.39, 0.29) is 11.7 Å². The van der Waals surface area contributed by atoms with Crippen molar-refractivity contribution >= 4 is 16.8 Å². The van der Waals surface area contributed by atoms with Crippen LogP contribution in [-0.2, 0) is 13.6 Å². The zero-order valence-corrected chi connectivity index (χ0v) is 17.1. The van der Waals surface area contributed by atoms with E-state index in [1.54, 1.807) is 12.1 Å². The van der Waals surface area contributed by atoms with Crippen LogP contribution in [0.1, 0.15) is 53.5 Å². The number of phenols is 1. The second-order valence-electron chi connectivity index (χ2n) is 8.67. The lowest BCUT2D eigenvalue weighted by molar-refractivity contribution is 0.0711. The highest BCUT2D eigenvalue weighted by atomic mass is 16.3. The summed E-state index contributed by atoms with van der Waals surface area (Å²) in [4.78, 5) is 20.0. The molecule has 1 aromatic carbocycles. The molecule has 1 aliphatic heterocycles. The molecule has 1 saturated heterocycles. The van der Waals surface area contributed by atoms with Crippen molar-refractivity contribution in [2.75, 3.05) is 13.1 Å². The molecule has 2 aromatic heterocycles. The van der Waals surface area contributed by atoms with Crippen LogP contribution in [0.3, 0.4) is 0 Å². The molecule has 3 heterocycles. The number of imidazole rings is 1. The van der Waals surface area contributed by atoms with Gasteiger partial charge in [-0.3, -0.25) is 4.79 Å². The minimum atomic E-state index is 0.0680. The molecule has 0 spiro atoms. The molecule has 2 aliphatic rings. The Morgan fingerprint density at radius 2 is 1.97 bits per heavy atom. The fourth-order valence-electron chi connectivity index (χ4n) is 4.74. The highest BCUT2D eigenvalue weighted by Crippen LogP contribution is 2.34. The SMILES string of the molecule is Cc1c(C(=O)N2CCC(c3nccn3CC3CC3)CC2)c2cc(O)ccc2n1C. The van der Waals surface area contributed by atoms with Gasteiger partial charge in [0.1, 0.15) is 11.6 Å². The van der Waals surface area contributed by atoms with Gasteiger partial charge in [0, 0.05) is 61.6 Å². The maximum absolute atomic E-state index is 13.4. The van der Waals surface area contributed by atoms with Gasteiger partial charge < -0.3 is 19.1 Å². The largest absolute Gasteiger partial charge is 0.508 e. The van der Waals surface area contributed by atoms with Crippen molar-refractivity contribution < 1.29 is 9.90 Å². The minimum Gasteiger partial charge on any atom is -0.508 e. The van der Waals surface area contributed by atoms with E-state index >= 15 is 0 Å². The molecule has 0 unspecified atom stereocenters. The molecule has 1 aliphatic carbocycles. The number of aromatic nitrogens is 3. The zero-order chi connectivity index (χ0) is 20.1. The van der Waals surface area contributed by atoms with E-state index in [9.17, 15) is 9.90 Å². The summed E-state index contributed by atoms with van der Waals surface area (Å²) in [5, 5.41) is 10.8. The molecule has 0 atom stereocenters. The number of likely N-dealkylation sites (tertiary alicyclic amines) is 1. The highest BCUT2D eigenvalue weighted by molar-refractivity contribution is 6.08. The van der Waals surface area contributed by atoms with Gasteiger partial charge in [-0.2, -0.15) is 0 Å². The van der Waals surface area contributed by atoms with Crippen LogP contribution in [0.2, 0.25) is 0 Å². The summed E-state index contributed by atoms with van der Waals surface area (Å²) in [5.74, 6) is 2.70. The van der Waals surface area contributed by atoms with Crippen LogP contribution in [0.25, 0.3) is 10.9 Å². The first-order chi connectivity index (χ1) is 14.0. The first kappa shape index (κ1) is 18.3. The van der Waals surface area contributed by atoms with Gasteiger partial charge in [0.2, 0.25) is 0 Å². The van der Waals surface area contributed by atoms with Crippen molar-refractivity contribution in [3.63, 3.8) is 0 Å². The summed E-state index contributed by atoms with van der Waals surface area (Å²) in [7, 11) is 1.97. The number of aryl methyl sites for hydroxylation is 1. The standard InChI is InChI=1S/C23H28N4O2/c1-15-21(19-13-18(28)5-6-20(19)25(15)2)23(29)26-10-7-17(8-11-26)22-24-9-12-27(22)14-16-3-4-16/h5-6,9,12-13,16-17,28H,3-4,7-8,10-11,14H2,1-2H3. The predicted octanol–water partition coefficient (Wildman–Crippen LogP) is 3.82. The lowest BCUT2D eigenvalue weighted by Gasteiger charge is -2.32. The number of amides is 1. The van der Waals surface area contributed by atoms with Crippen molar-refractivity contribution in [1.82, 2.24) is 19.0 Å². The lowest BCUT2D eigenvalue weighted by atomic mass is 9.95. The molecular formula is C23H28N4O2. The Kier molecular flexibility index (Phi) is 4.37. The molecule has 3 aromatic rings. The molecule has 2 fully saturated rings. The van der Waals surface area contributed by atoms with Crippen LogP contribution in [0, 0.1) is 12.8 Å². The molecule has 152 valence electrons. The van der Waals surface area contributed by atoms with E-state index in [0.29, 0.717) is 11.5 Å². The van der Waals surface area contributed by atoms with E-state index < -0.39 is 0 Å². The molecule has 1 saturated carbocycles. The molecule has 1 N–H and O–H groups in total. The Bertz CT molecular complexity index is 1070. The van der Waals surface area contributed by atoms with E-state index in [2.05, 4.69) is 15.7 Å². The molecule has 6 nitrogen and oxygen atoms in total. The summed E-state index contributed by atoms with van der Waals surface area (Å²) in [5.41, 5.74) is 2.63. The summed E-state index contributed by atoms with van der Waals surface area (Å²) in [6.07, 6.45) is 8.60. The van der Waals surface area contributed by atoms with E-state index in [0.717, 1.165) is 55.0 Å². The molecule has 0 radical (unpaired) electrons. The number of hydrogen-bond acceptors (Lipinski definition) is 3. The number of phenolic OH excluding ortho intramolecular Hbond substituents is 1. The maximum Gasteiger partial charge on any atom is 0.256 e. The quantitative estimate of drug-likeness (QED) is 0.734. The number of hydrogen-bond donors (Lipinski definition) is 1. The zero-order valence-electron chi connectivity index (χ0n) is 17.1. The molecule has 6 heteroatoms. The monoisotopic (exact) mass is 392 g/mol. The summed E-state index contributed by atoms with van der Waals surface area (Å²) in [6.45, 7) is 4.56. The first-order valence-corrected chi connectivity index (χ1v) is 10.6. The number of piperidine rings is 1. The third-order valence-electron chi connectivity index (χ3n) is 6.74. The number of benzene rings is 1. The second kappa shape index (κ2) is 6.94. The van der Waals surface area contributed by atoms with E-state index in [1.165, 1.54) is 18.7 Å². The average Bonchev–Trinajstić information content (AvgIpc) is 3.36. The fraction of sp³-hybridized carbons (Fsp3) is 0.478. The van der Waals surface area contributed by atoms with Gasteiger partial charge in [0.15, 0.2) is 0 Å². The van der Waals surface area contributed by atoms with Crippen LogP contribution >= 0.6 is 0 Å². The van der Waals surface area contributed by atoms with Crippen LogP contribution < -0.4 is 0 Å². The Morgan fingerprint density at radius 3 is 2.69 bits per heavy atom. The maximum atomic E-state index is 13.4. The Morgan fingerprint density at radius 1 is 1.21 bits per heavy atom. The average molecular weight is 393 g/mol. The van der Waals surface area contributed by atoms with E-state index in [1.807, 2.05) is 35.7 Å². The Labute approximate surface area is 170 Å². The van der Waals surface area contributed by atoms with Crippen molar-refractivity contribution in [2.24, 2.45) is 13.0 Å². The number of carbonyl (C=O) groups is 1. The van der Waals surface area contributed by atoms with Crippen molar-refractivity contribution in [3.8, 4) is 5.75 Å². The predicted molar refractivity (Wildman–Crippen MR) is 112 cm³/mol. The minimum absolute atomic E-state index is 0.0680. The molecule has 0 bridgehead atoms. The van der Waals surface area contributed by atoms with Gasteiger partial charge in [-0.1, -0.05) is 0 Å². The molecule has 29 heavy (non-hydrogen) atoms. The topological polar surface area (TPSA) is 63.3 Å². The Balaban J connectivity index is 1.34. The van der Waals surface area contributed by atoms with Crippen molar-refractivity contribution in [1.29, 1.82) is 0 Å². The number of carbonyl (C=O) groups excluding carboxylic acids is 1. The van der Waals surface area contributed by atoms with Crippen LogP contribution in [0.5, 0.6) is 5.75 Å². The number of fused-ring (bicyclic) bond motifs is 1. The van der Waals surface area contributed by atoms with Gasteiger partial charge in [-0.25, -0.2) is 4.98 Å². The fourth-order valence-corrected chi connectivity index (χ4v) is 4.74. The normalized spacial score (nSPS) is 17.9. The first-order valence-electron chi connectivity index (χ1n) is 10.6. The van der Waals surface area contributed by atoms with Gasteiger partial charge in [0.05, 0.1) is 5.56 Å². The molecule has 1 amide bonds. The van der Waals surface area contributed by atoms with Crippen LogP contribution in [0.4, 0.5) is 0 Å². The second-order valence-corrected chi connectivity index (χ2v) is 8.67. The van der Waals surface area contributed by atoms with Crippen molar-refractivity contribution in [2.45, 2.75) is 45.1 Å². The number of aromatic hydroxyl groups is 1. The van der Waals surface area contributed by atoms with Gasteiger partial charge in [0.25, 0.3) is 5.91 Å². The van der Waals surface area contributed by atoms with Crippen LogP contribution in [0.15, 0.2) is 30.6 Å². The summed E-state index contributed by atoms with van der Waals surface area (Å²) >= 11 is 0. The third-order valence-corrected chi connectivity index (χ3v) is 6.74. The van der Waals surface area contributed by atoms with Crippen molar-refractivity contribution in [3.05, 3.63) is 47.7 Å². The van der Waals surface area contributed by atoms with E-state index in [4.69, 9.17) is 0 Å². The summed E-state index contributed by atoms with van der Waals surface area (Å²) in [6, 6.07) is 5.25. The van der Waals surface area contributed by atoms with Gasteiger partial charge in [-0.05, 0) is 56.7 Å².